The van der Waals surface area contributed by atoms with E-state index in [0.717, 1.165) is 66.9 Å². The van der Waals surface area contributed by atoms with E-state index >= 15 is 0 Å². The fraction of sp³-hybridized carbons (Fsp3) is 0.127. The molecule has 0 aliphatic carbocycles. The Morgan fingerprint density at radius 3 is 1.92 bits per heavy atom. The Bertz CT molecular complexity index is 3130. The Kier molecular flexibility index (Phi) is 8.79. The van der Waals surface area contributed by atoms with Gasteiger partial charge in [0.2, 0.25) is 0 Å². The Labute approximate surface area is 352 Å². The lowest BCUT2D eigenvalue weighted by Gasteiger charge is -2.17. The summed E-state index contributed by atoms with van der Waals surface area (Å²) in [6, 6.07) is 55.8. The lowest BCUT2D eigenvalue weighted by atomic mass is 9.90. The molecule has 0 amide bonds. The van der Waals surface area contributed by atoms with Gasteiger partial charge in [0, 0.05) is 22.8 Å². The van der Waals surface area contributed by atoms with Crippen LogP contribution in [0.3, 0.4) is 0 Å². The number of aromatic hydroxyl groups is 1. The number of hydrogen-bond acceptors (Lipinski definition) is 3. The van der Waals surface area contributed by atoms with E-state index in [0.29, 0.717) is 28.1 Å². The largest absolute Gasteiger partial charge is 0.507 e. The highest BCUT2D eigenvalue weighted by Gasteiger charge is 2.22. The van der Waals surface area contributed by atoms with Crippen molar-refractivity contribution in [2.75, 3.05) is 0 Å². The van der Waals surface area contributed by atoms with Gasteiger partial charge in [-0.25, -0.2) is 4.98 Å². The summed E-state index contributed by atoms with van der Waals surface area (Å²) in [5, 5.41) is 11.4. The molecule has 0 atom stereocenters. The summed E-state index contributed by atoms with van der Waals surface area (Å²) in [7, 11) is 0. The first-order chi connectivity index (χ1) is 30.2. The van der Waals surface area contributed by atoms with E-state index in [1.807, 2.05) is 110 Å². The lowest BCUT2D eigenvalue weighted by molar-refractivity contribution is 0.477. The van der Waals surface area contributed by atoms with Gasteiger partial charge in [0.25, 0.3) is 0 Å². The molecule has 7 aromatic carbocycles. The number of rotatable bonds is 9. The molecule has 2 heterocycles. The van der Waals surface area contributed by atoms with Gasteiger partial charge in [0.1, 0.15) is 11.6 Å². The predicted molar refractivity (Wildman–Crippen MR) is 246 cm³/mol. The molecule has 4 nitrogen and oxygen atoms in total. The van der Waals surface area contributed by atoms with Crippen LogP contribution in [0.15, 0.2) is 176 Å². The second-order valence-corrected chi connectivity index (χ2v) is 15.7. The number of aromatic nitrogens is 3. The maximum atomic E-state index is 11.4. The first-order valence-electron chi connectivity index (χ1n) is 22.1. The molecule has 1 N–H and O–H groups in total. The fourth-order valence-corrected chi connectivity index (χ4v) is 7.90. The molecule has 288 valence electrons. The van der Waals surface area contributed by atoms with Crippen molar-refractivity contribution in [3.05, 3.63) is 193 Å². The molecule has 0 bridgehead atoms. The molecule has 0 radical (unpaired) electrons. The number of fused-ring (bicyclic) bond motifs is 1. The number of phenols is 1. The summed E-state index contributed by atoms with van der Waals surface area (Å²) in [4.78, 5) is 10.2. The number of imidazole rings is 1. The van der Waals surface area contributed by atoms with Crippen molar-refractivity contribution < 1.29 is 10.6 Å². The summed E-state index contributed by atoms with van der Waals surface area (Å²) < 4.78 is 37.5. The van der Waals surface area contributed by atoms with Crippen LogP contribution in [0.4, 0.5) is 0 Å². The highest BCUT2D eigenvalue weighted by atomic mass is 16.3. The Morgan fingerprint density at radius 1 is 0.542 bits per heavy atom. The molecule has 2 aromatic heterocycles. The van der Waals surface area contributed by atoms with Gasteiger partial charge in [-0.15, -0.1) is 0 Å². The van der Waals surface area contributed by atoms with E-state index in [2.05, 4.69) is 74.5 Å². The van der Waals surface area contributed by atoms with Crippen molar-refractivity contribution in [3.8, 4) is 78.6 Å². The number of aryl methyl sites for hydroxylation is 1. The standard InChI is InChI=1S/C55H47N3O/c1-35(2)42-28-43(36(3)4)30-45(29-42)40-23-24-51(37(5)27-40)58-52-21-14-20-48(54(52)57-55(58)49-19-12-13-22-53(49)59)46-31-44(39-17-10-7-11-18-39)32-47(33-46)50-34-41(25-26-56-50)38-15-8-6-9-16-38/h6-36,59H,1-5H3/i5D3,35D. The van der Waals surface area contributed by atoms with Crippen LogP contribution < -0.4 is 0 Å². The third-order valence-electron chi connectivity index (χ3n) is 11.1. The highest BCUT2D eigenvalue weighted by molar-refractivity contribution is 5.98. The zero-order chi connectivity index (χ0) is 44.0. The Balaban J connectivity index is 1.28. The van der Waals surface area contributed by atoms with Gasteiger partial charge in [-0.2, -0.15) is 0 Å². The summed E-state index contributed by atoms with van der Waals surface area (Å²) in [6.07, 6.45) is 1.84. The van der Waals surface area contributed by atoms with Crippen LogP contribution in [0.25, 0.3) is 83.9 Å². The quantitative estimate of drug-likeness (QED) is 0.159. The normalized spacial score (nSPS) is 12.9. The molecule has 4 heteroatoms. The fourth-order valence-electron chi connectivity index (χ4n) is 7.90. The van der Waals surface area contributed by atoms with E-state index in [4.69, 9.17) is 15.5 Å². The summed E-state index contributed by atoms with van der Waals surface area (Å²) in [6.45, 7) is 5.45. The predicted octanol–water partition coefficient (Wildman–Crippen LogP) is 14.7. The molecule has 0 saturated heterocycles. The molecule has 9 aromatic rings. The minimum absolute atomic E-state index is 0.0245. The first kappa shape index (κ1) is 33.0. The Hall–Kier alpha value is -7.04. The van der Waals surface area contributed by atoms with Crippen LogP contribution in [0, 0.1) is 6.85 Å². The molecule has 0 aliphatic rings. The molecular formula is C55H47N3O. The van der Waals surface area contributed by atoms with Crippen LogP contribution in [-0.4, -0.2) is 19.6 Å². The molecule has 0 spiro atoms. The van der Waals surface area contributed by atoms with Crippen molar-refractivity contribution in [2.45, 2.75) is 46.4 Å². The van der Waals surface area contributed by atoms with Crippen molar-refractivity contribution in [3.63, 3.8) is 0 Å². The zero-order valence-corrected chi connectivity index (χ0v) is 33.6. The molecule has 0 fully saturated rings. The van der Waals surface area contributed by atoms with Crippen LogP contribution in [0.1, 0.15) is 61.7 Å². The molecular weight excluding hydrogens is 719 g/mol. The summed E-state index contributed by atoms with van der Waals surface area (Å²) >= 11 is 0. The third kappa shape index (κ3) is 7.35. The van der Waals surface area contributed by atoms with Crippen molar-refractivity contribution in [1.29, 1.82) is 0 Å². The SMILES string of the molecule is [2H]C([2H])([2H])c1cc(-c2cc(C(C)C)cc(C([2H])(C)C)c2)ccc1-n1c(-c2ccccc2O)nc2c(-c3cc(-c4ccccc4)cc(-c4cc(-c5ccccc5)ccn4)c3)cccc21. The average molecular weight is 770 g/mol. The molecule has 0 aliphatic heterocycles. The highest BCUT2D eigenvalue weighted by Crippen LogP contribution is 2.41. The summed E-state index contributed by atoms with van der Waals surface area (Å²) in [5.41, 5.74) is 13.6. The summed E-state index contributed by atoms with van der Waals surface area (Å²) in [5.74, 6) is -0.210. The first-order valence-corrected chi connectivity index (χ1v) is 20.1. The van der Waals surface area contributed by atoms with Crippen LogP contribution >= 0.6 is 0 Å². The number of nitrogens with zero attached hydrogens (tertiary/aromatic N) is 3. The molecule has 0 unspecified atom stereocenters. The molecule has 0 saturated carbocycles. The van der Waals surface area contributed by atoms with Crippen LogP contribution in [0.2, 0.25) is 0 Å². The maximum absolute atomic E-state index is 11.4. The number of phenolic OH excluding ortho intramolecular Hbond substituents is 1. The number of hydrogen-bond donors (Lipinski definition) is 1. The van der Waals surface area contributed by atoms with E-state index < -0.39 is 12.7 Å². The topological polar surface area (TPSA) is 50.9 Å². The lowest BCUT2D eigenvalue weighted by Crippen LogP contribution is -2.01. The molecule has 9 rings (SSSR count). The number of para-hydroxylation sites is 2. The zero-order valence-electron chi connectivity index (χ0n) is 37.6. The van der Waals surface area contributed by atoms with Crippen molar-refractivity contribution >= 4 is 11.0 Å². The van der Waals surface area contributed by atoms with Gasteiger partial charge in [-0.3, -0.25) is 9.55 Å². The van der Waals surface area contributed by atoms with Gasteiger partial charge in [-0.05, 0) is 135 Å². The second-order valence-electron chi connectivity index (χ2n) is 15.7. The van der Waals surface area contributed by atoms with Gasteiger partial charge < -0.3 is 5.11 Å². The maximum Gasteiger partial charge on any atom is 0.149 e. The Morgan fingerprint density at radius 2 is 1.19 bits per heavy atom. The minimum Gasteiger partial charge on any atom is -0.507 e. The van der Waals surface area contributed by atoms with Crippen molar-refractivity contribution in [2.24, 2.45) is 0 Å². The third-order valence-corrected chi connectivity index (χ3v) is 11.1. The second kappa shape index (κ2) is 15.7. The van der Waals surface area contributed by atoms with Gasteiger partial charge >= 0.3 is 0 Å². The van der Waals surface area contributed by atoms with Gasteiger partial charge in [-0.1, -0.05) is 137 Å². The van der Waals surface area contributed by atoms with Crippen LogP contribution in [-0.2, 0) is 0 Å². The van der Waals surface area contributed by atoms with E-state index in [1.54, 1.807) is 24.3 Å². The monoisotopic (exact) mass is 769 g/mol. The smallest absolute Gasteiger partial charge is 0.149 e. The van der Waals surface area contributed by atoms with E-state index in [-0.39, 0.29) is 17.2 Å². The average Bonchev–Trinajstić information content (AvgIpc) is 3.68. The van der Waals surface area contributed by atoms with Crippen LogP contribution in [0.5, 0.6) is 5.75 Å². The van der Waals surface area contributed by atoms with Crippen molar-refractivity contribution in [1.82, 2.24) is 14.5 Å². The number of benzene rings is 7. The van der Waals surface area contributed by atoms with Gasteiger partial charge in [0.05, 0.1) is 28.0 Å². The number of pyridine rings is 1. The molecule has 59 heavy (non-hydrogen) atoms. The van der Waals surface area contributed by atoms with E-state index in [1.165, 1.54) is 0 Å². The van der Waals surface area contributed by atoms with Gasteiger partial charge in [0.15, 0.2) is 0 Å². The van der Waals surface area contributed by atoms with E-state index in [9.17, 15) is 5.11 Å². The minimum atomic E-state index is -2.52.